The number of rotatable bonds is 9. The van der Waals surface area contributed by atoms with Crippen LogP contribution in [0.5, 0.6) is 0 Å². The summed E-state index contributed by atoms with van der Waals surface area (Å²) in [5, 5.41) is 2.64. The van der Waals surface area contributed by atoms with Gasteiger partial charge in [0.15, 0.2) is 0 Å². The smallest absolute Gasteiger partial charge is 0.0462 e. The molecule has 0 saturated carbocycles. The molecule has 0 aliphatic heterocycles. The quantitative estimate of drug-likeness (QED) is 0.143. The Morgan fingerprint density at radius 1 is 0.286 bits per heavy atom. The molecule has 0 unspecified atom stereocenters. The number of benzene rings is 9. The second-order valence-electron chi connectivity index (χ2n) is 14.1. The summed E-state index contributed by atoms with van der Waals surface area (Å²) in [4.78, 5) is 7.61. The molecule has 0 radical (unpaired) electrons. The van der Waals surface area contributed by atoms with Crippen LogP contribution in [0.25, 0.3) is 45.2 Å². The molecule has 266 valence electrons. The molecule has 0 spiro atoms. The third kappa shape index (κ3) is 5.83. The Hall–Kier alpha value is -6.87. The van der Waals surface area contributed by atoms with Crippen LogP contribution >= 0.6 is 10.0 Å². The molecular weight excluding hydrogens is 695 g/mol. The fraction of sp³-hybridized carbons (Fsp3) is 0. The average Bonchev–Trinajstić information content (AvgIpc) is 3.71. The first-order valence-electron chi connectivity index (χ1n) is 19.2. The second-order valence-corrected chi connectivity index (χ2v) is 17.3. The summed E-state index contributed by atoms with van der Waals surface area (Å²) in [6, 6.07) is 82.2. The van der Waals surface area contributed by atoms with Crippen LogP contribution in [0, 0.1) is 0 Å². The molecule has 0 saturated heterocycles. The first-order valence-corrected chi connectivity index (χ1v) is 20.8. The van der Waals surface area contributed by atoms with Gasteiger partial charge in [-0.2, -0.15) is 0 Å². The third-order valence-corrected chi connectivity index (χ3v) is 14.9. The number of hydrogen-bond acceptors (Lipinski definition) is 1. The fourth-order valence-electron chi connectivity index (χ4n) is 8.33. The zero-order valence-corrected chi connectivity index (χ0v) is 31.7. The Balaban J connectivity index is 1.10. The molecule has 0 fully saturated rings. The van der Waals surface area contributed by atoms with Crippen molar-refractivity contribution in [3.63, 3.8) is 0 Å². The van der Waals surface area contributed by atoms with Crippen LogP contribution < -0.4 is 4.90 Å². The van der Waals surface area contributed by atoms with E-state index in [2.05, 4.69) is 242 Å². The van der Waals surface area contributed by atoms with E-state index in [0.717, 1.165) is 17.1 Å². The van der Waals surface area contributed by atoms with Gasteiger partial charge in [0.1, 0.15) is 0 Å². The van der Waals surface area contributed by atoms with Crippen LogP contribution in [0.1, 0.15) is 11.1 Å². The minimum absolute atomic E-state index is 1.10. The maximum atomic E-state index is 2.38. The Morgan fingerprint density at radius 3 is 1.21 bits per heavy atom. The molecule has 0 N–H and O–H groups in total. The van der Waals surface area contributed by atoms with Crippen LogP contribution in [0.2, 0.25) is 0 Å². The van der Waals surface area contributed by atoms with E-state index in [9.17, 15) is 0 Å². The van der Waals surface area contributed by atoms with Gasteiger partial charge in [0, 0.05) is 36.6 Å². The first-order chi connectivity index (χ1) is 27.8. The van der Waals surface area contributed by atoms with Gasteiger partial charge in [-0.1, -0.05) is 152 Å². The summed E-state index contributed by atoms with van der Waals surface area (Å²) in [5.41, 5.74) is 10.8. The molecule has 0 aromatic heterocycles. The summed E-state index contributed by atoms with van der Waals surface area (Å²) >= 11 is 0. The van der Waals surface area contributed by atoms with E-state index in [4.69, 9.17) is 0 Å². The second kappa shape index (κ2) is 14.4. The van der Waals surface area contributed by atoms with Crippen molar-refractivity contribution in [3.05, 3.63) is 236 Å². The standard InChI is InChI=1S/C54H39NS/c1-5-14-40(15-6-1)41-26-31-45(32-27-41)55(46-33-28-42(29-34-46)52-39-30-44-25-24-43-16-13-23-53(52)54(43)44)47-35-37-51(38-36-47)56(48-17-7-2-8-18-48,49-19-9-3-10-20-49)50-21-11-4-12-22-50/h1-39H. The molecule has 1 nitrogen and oxygen atoms in total. The molecule has 10 rings (SSSR count). The molecule has 0 amide bonds. The van der Waals surface area contributed by atoms with Crippen molar-refractivity contribution >= 4 is 50.0 Å². The maximum absolute atomic E-state index is 2.38. The van der Waals surface area contributed by atoms with Gasteiger partial charge in [-0.05, 0) is 129 Å². The van der Waals surface area contributed by atoms with Crippen molar-refractivity contribution < 1.29 is 0 Å². The third-order valence-electron chi connectivity index (χ3n) is 11.0. The van der Waals surface area contributed by atoms with Crippen molar-refractivity contribution in [2.45, 2.75) is 19.6 Å². The summed E-state index contributed by atoms with van der Waals surface area (Å²) in [6.07, 6.45) is 4.45. The van der Waals surface area contributed by atoms with Crippen LogP contribution in [0.3, 0.4) is 0 Å². The maximum Gasteiger partial charge on any atom is 0.0462 e. The molecule has 0 atom stereocenters. The molecule has 9 aromatic rings. The predicted molar refractivity (Wildman–Crippen MR) is 238 cm³/mol. The molecule has 56 heavy (non-hydrogen) atoms. The molecule has 2 heteroatoms. The lowest BCUT2D eigenvalue weighted by Crippen LogP contribution is -2.10. The minimum atomic E-state index is -1.80. The zero-order valence-electron chi connectivity index (χ0n) is 30.9. The normalized spacial score (nSPS) is 12.1. The van der Waals surface area contributed by atoms with Gasteiger partial charge >= 0.3 is 0 Å². The monoisotopic (exact) mass is 733 g/mol. The Morgan fingerprint density at radius 2 is 0.696 bits per heavy atom. The first kappa shape index (κ1) is 33.7. The highest BCUT2D eigenvalue weighted by Crippen LogP contribution is 2.73. The summed E-state index contributed by atoms with van der Waals surface area (Å²) in [6.45, 7) is 0. The molecule has 0 heterocycles. The van der Waals surface area contributed by atoms with Crippen LogP contribution in [0.15, 0.2) is 244 Å². The highest BCUT2D eigenvalue weighted by atomic mass is 32.3. The highest BCUT2D eigenvalue weighted by Gasteiger charge is 2.33. The van der Waals surface area contributed by atoms with Crippen molar-refractivity contribution in [3.8, 4) is 22.3 Å². The van der Waals surface area contributed by atoms with Gasteiger partial charge in [-0.15, -0.1) is 10.0 Å². The van der Waals surface area contributed by atoms with Gasteiger partial charge in [0.2, 0.25) is 0 Å². The van der Waals surface area contributed by atoms with Crippen LogP contribution in [-0.4, -0.2) is 0 Å². The lowest BCUT2D eigenvalue weighted by atomic mass is 9.94. The predicted octanol–water partition coefficient (Wildman–Crippen LogP) is 15.5. The Labute approximate surface area is 330 Å². The molecular formula is C54H39NS. The fourth-order valence-corrected chi connectivity index (χ4v) is 12.2. The summed E-state index contributed by atoms with van der Waals surface area (Å²) < 4.78 is 0. The van der Waals surface area contributed by atoms with E-state index in [0.29, 0.717) is 0 Å². The SMILES string of the molecule is C1=Cc2ccc(-c3ccc(N(c4ccc(-c5ccccc5)cc4)c4ccc(S(c5ccccc5)(c5ccccc5)c5ccccc5)cc4)cc3)c3cccc1c23. The van der Waals surface area contributed by atoms with E-state index in [1.807, 2.05) is 0 Å². The molecule has 9 aromatic carbocycles. The lowest BCUT2D eigenvalue weighted by molar-refractivity contribution is 1.22. The topological polar surface area (TPSA) is 3.24 Å². The zero-order chi connectivity index (χ0) is 37.3. The van der Waals surface area contributed by atoms with E-state index in [1.54, 1.807) is 0 Å². The number of hydrogen-bond donors (Lipinski definition) is 0. The van der Waals surface area contributed by atoms with E-state index < -0.39 is 10.0 Å². The van der Waals surface area contributed by atoms with Crippen molar-refractivity contribution in [2.75, 3.05) is 4.90 Å². The number of nitrogens with zero attached hydrogens (tertiary/aromatic N) is 1. The van der Waals surface area contributed by atoms with Crippen molar-refractivity contribution in [1.82, 2.24) is 0 Å². The van der Waals surface area contributed by atoms with E-state index in [-0.39, 0.29) is 0 Å². The Bertz CT molecular complexity index is 2690. The molecule has 1 aliphatic rings. The van der Waals surface area contributed by atoms with E-state index >= 15 is 0 Å². The van der Waals surface area contributed by atoms with Crippen molar-refractivity contribution in [2.24, 2.45) is 0 Å². The summed E-state index contributed by atoms with van der Waals surface area (Å²) in [5.74, 6) is 0. The van der Waals surface area contributed by atoms with Gasteiger partial charge in [-0.3, -0.25) is 0 Å². The average molecular weight is 734 g/mol. The minimum Gasteiger partial charge on any atom is -0.311 e. The largest absolute Gasteiger partial charge is 0.311 e. The van der Waals surface area contributed by atoms with Gasteiger partial charge in [0.25, 0.3) is 0 Å². The molecule has 1 aliphatic carbocycles. The highest BCUT2D eigenvalue weighted by molar-refractivity contribution is 8.34. The lowest BCUT2D eigenvalue weighted by Gasteiger charge is -2.42. The van der Waals surface area contributed by atoms with Crippen LogP contribution in [-0.2, 0) is 0 Å². The summed E-state index contributed by atoms with van der Waals surface area (Å²) in [7, 11) is -1.80. The Kier molecular flexibility index (Phi) is 8.67. The van der Waals surface area contributed by atoms with Crippen molar-refractivity contribution in [1.29, 1.82) is 0 Å². The number of anilines is 3. The van der Waals surface area contributed by atoms with Crippen LogP contribution in [0.4, 0.5) is 17.1 Å². The van der Waals surface area contributed by atoms with E-state index in [1.165, 1.54) is 63.7 Å². The van der Waals surface area contributed by atoms with Gasteiger partial charge in [-0.25, -0.2) is 0 Å². The molecule has 0 bridgehead atoms. The van der Waals surface area contributed by atoms with Gasteiger partial charge < -0.3 is 4.90 Å². The van der Waals surface area contributed by atoms with Gasteiger partial charge in [0.05, 0.1) is 0 Å².